The maximum Gasteiger partial charge on any atom is 0.115 e. The highest BCUT2D eigenvalue weighted by Gasteiger charge is 2.52. The molecule has 3 unspecified atom stereocenters. The molecule has 4 atom stereocenters. The van der Waals surface area contributed by atoms with Crippen LogP contribution >= 0.6 is 0 Å². The number of rotatable bonds is 0. The molecule has 0 heterocycles. The van der Waals surface area contributed by atoms with Crippen molar-refractivity contribution < 1.29 is 10.2 Å². The van der Waals surface area contributed by atoms with E-state index in [0.29, 0.717) is 23.3 Å². The van der Waals surface area contributed by atoms with Gasteiger partial charge in [-0.05, 0) is 102 Å². The highest BCUT2D eigenvalue weighted by molar-refractivity contribution is 5.47. The Morgan fingerprint density at radius 2 is 1.75 bits per heavy atom. The summed E-state index contributed by atoms with van der Waals surface area (Å²) in [5, 5.41) is 19.8. The Bertz CT molecular complexity index is 825. The summed E-state index contributed by atoms with van der Waals surface area (Å²) in [6.07, 6.45) is 5.86. The Hall–Kier alpha value is -1.96. The summed E-state index contributed by atoms with van der Waals surface area (Å²) in [6.45, 7) is 2.42. The van der Waals surface area contributed by atoms with Crippen LogP contribution in [0.2, 0.25) is 0 Å². The second-order valence-corrected chi connectivity index (χ2v) is 8.30. The highest BCUT2D eigenvalue weighted by atomic mass is 16.3. The van der Waals surface area contributed by atoms with Crippen molar-refractivity contribution in [3.05, 3.63) is 58.7 Å². The predicted octanol–water partition coefficient (Wildman–Crippen LogP) is 4.67. The van der Waals surface area contributed by atoms with Crippen molar-refractivity contribution in [1.29, 1.82) is 0 Å². The lowest BCUT2D eigenvalue weighted by molar-refractivity contribution is 0.106. The van der Waals surface area contributed by atoms with Crippen molar-refractivity contribution in [2.24, 2.45) is 11.8 Å². The van der Waals surface area contributed by atoms with E-state index >= 15 is 0 Å². The van der Waals surface area contributed by atoms with E-state index in [4.69, 9.17) is 0 Å². The molecule has 0 bridgehead atoms. The monoisotopic (exact) mass is 320 g/mol. The number of hydrogen-bond donors (Lipinski definition) is 2. The van der Waals surface area contributed by atoms with Gasteiger partial charge in [-0.25, -0.2) is 0 Å². The second-order valence-electron chi connectivity index (χ2n) is 8.30. The van der Waals surface area contributed by atoms with Crippen molar-refractivity contribution in [2.45, 2.75) is 50.4 Å². The van der Waals surface area contributed by atoms with Crippen LogP contribution in [0.25, 0.3) is 0 Å². The molecule has 2 aromatic carbocycles. The van der Waals surface area contributed by atoms with Crippen LogP contribution in [0.4, 0.5) is 0 Å². The molecule has 3 aliphatic carbocycles. The third-order valence-electron chi connectivity index (χ3n) is 7.25. The molecule has 0 aromatic heterocycles. The van der Waals surface area contributed by atoms with Crippen LogP contribution in [0.5, 0.6) is 11.5 Å². The molecule has 3 aliphatic rings. The Morgan fingerprint density at radius 1 is 0.958 bits per heavy atom. The van der Waals surface area contributed by atoms with E-state index in [9.17, 15) is 10.2 Å². The Balaban J connectivity index is 1.56. The van der Waals surface area contributed by atoms with E-state index in [1.54, 1.807) is 0 Å². The average Bonchev–Trinajstić information content (AvgIpc) is 2.87. The number of hydrogen-bond acceptors (Lipinski definition) is 2. The molecule has 124 valence electrons. The topological polar surface area (TPSA) is 40.5 Å². The molecule has 0 radical (unpaired) electrons. The fourth-order valence-corrected chi connectivity index (χ4v) is 6.11. The predicted molar refractivity (Wildman–Crippen MR) is 94.5 cm³/mol. The molecule has 2 N–H and O–H groups in total. The van der Waals surface area contributed by atoms with Crippen molar-refractivity contribution in [1.82, 2.24) is 0 Å². The van der Waals surface area contributed by atoms with Crippen molar-refractivity contribution in [3.8, 4) is 11.5 Å². The van der Waals surface area contributed by atoms with Crippen LogP contribution in [0.3, 0.4) is 0 Å². The van der Waals surface area contributed by atoms with Crippen molar-refractivity contribution >= 4 is 0 Å². The number of phenols is 2. The van der Waals surface area contributed by atoms with E-state index in [0.717, 1.165) is 18.8 Å². The van der Waals surface area contributed by atoms with E-state index in [-0.39, 0.29) is 5.41 Å². The third kappa shape index (κ3) is 1.83. The number of aryl methyl sites for hydroxylation is 1. The molecular formula is C22H24O2. The number of phenolic OH excluding ortho intramolecular Hbond substituents is 2. The molecule has 0 aliphatic heterocycles. The van der Waals surface area contributed by atoms with Gasteiger partial charge in [0.25, 0.3) is 0 Å². The van der Waals surface area contributed by atoms with Gasteiger partial charge in [-0.2, -0.15) is 0 Å². The molecule has 1 fully saturated rings. The smallest absolute Gasteiger partial charge is 0.115 e. The highest BCUT2D eigenvalue weighted by Crippen LogP contribution is 2.60. The summed E-state index contributed by atoms with van der Waals surface area (Å²) >= 11 is 0. The van der Waals surface area contributed by atoms with Crippen molar-refractivity contribution in [3.63, 3.8) is 0 Å². The van der Waals surface area contributed by atoms with Gasteiger partial charge in [-0.1, -0.05) is 19.1 Å². The fourth-order valence-electron chi connectivity index (χ4n) is 6.11. The minimum Gasteiger partial charge on any atom is -0.508 e. The first-order valence-corrected chi connectivity index (χ1v) is 9.20. The molecular weight excluding hydrogens is 296 g/mol. The Morgan fingerprint density at radius 3 is 2.62 bits per heavy atom. The van der Waals surface area contributed by atoms with Crippen LogP contribution < -0.4 is 0 Å². The number of benzene rings is 2. The zero-order valence-corrected chi connectivity index (χ0v) is 14.1. The number of fused-ring (bicyclic) bond motifs is 7. The van der Waals surface area contributed by atoms with E-state index in [1.165, 1.54) is 41.5 Å². The first-order chi connectivity index (χ1) is 11.6. The minimum atomic E-state index is 0.212. The SMILES string of the molecule is C[C@]12CCC3c4ccc(O)cc4CCC3C1Cc1ccc(O)cc12. The molecule has 0 saturated heterocycles. The lowest BCUT2D eigenvalue weighted by atomic mass is 9.55. The number of aromatic hydroxyl groups is 2. The second kappa shape index (κ2) is 4.78. The average molecular weight is 320 g/mol. The third-order valence-corrected chi connectivity index (χ3v) is 7.25. The summed E-state index contributed by atoms with van der Waals surface area (Å²) in [4.78, 5) is 0. The maximum atomic E-state index is 9.97. The molecule has 1 saturated carbocycles. The van der Waals surface area contributed by atoms with Crippen molar-refractivity contribution in [2.75, 3.05) is 0 Å². The molecule has 0 spiro atoms. The van der Waals surface area contributed by atoms with Crippen LogP contribution in [-0.4, -0.2) is 10.2 Å². The minimum absolute atomic E-state index is 0.212. The Kier molecular flexibility index (Phi) is 2.87. The first-order valence-electron chi connectivity index (χ1n) is 9.20. The normalized spacial score (nSPS) is 33.3. The molecule has 2 aromatic rings. The van der Waals surface area contributed by atoms with Gasteiger partial charge in [-0.15, -0.1) is 0 Å². The van der Waals surface area contributed by atoms with Gasteiger partial charge in [0.15, 0.2) is 0 Å². The summed E-state index contributed by atoms with van der Waals surface area (Å²) in [5.74, 6) is 2.83. The van der Waals surface area contributed by atoms with Gasteiger partial charge in [-0.3, -0.25) is 0 Å². The van der Waals surface area contributed by atoms with Crippen LogP contribution in [-0.2, 0) is 18.3 Å². The lowest BCUT2D eigenvalue weighted by Gasteiger charge is -2.49. The summed E-state index contributed by atoms with van der Waals surface area (Å²) in [7, 11) is 0. The largest absolute Gasteiger partial charge is 0.508 e. The molecule has 2 heteroatoms. The van der Waals surface area contributed by atoms with E-state index in [2.05, 4.69) is 19.1 Å². The van der Waals surface area contributed by atoms with Gasteiger partial charge in [0.2, 0.25) is 0 Å². The standard InChI is InChI=1S/C22H24O2/c1-22-9-8-18-17-7-5-15(23)10-13(17)3-6-19(18)21(22)11-14-2-4-16(24)12-20(14)22/h2,4-5,7,10,12,18-19,21,23-24H,3,6,8-9,11H2,1H3/t18?,19?,21?,22-/m1/s1. The summed E-state index contributed by atoms with van der Waals surface area (Å²) in [5.41, 5.74) is 5.88. The lowest BCUT2D eigenvalue weighted by Crippen LogP contribution is -2.43. The molecule has 24 heavy (non-hydrogen) atoms. The van der Waals surface area contributed by atoms with Gasteiger partial charge in [0, 0.05) is 0 Å². The Labute approximate surface area is 143 Å². The zero-order chi connectivity index (χ0) is 16.5. The van der Waals surface area contributed by atoms with E-state index in [1.807, 2.05) is 24.3 Å². The van der Waals surface area contributed by atoms with Crippen LogP contribution in [0, 0.1) is 11.8 Å². The van der Waals surface area contributed by atoms with Crippen LogP contribution in [0.1, 0.15) is 54.4 Å². The maximum absolute atomic E-state index is 9.97. The zero-order valence-electron chi connectivity index (χ0n) is 14.1. The molecule has 5 rings (SSSR count). The van der Waals surface area contributed by atoms with E-state index < -0.39 is 0 Å². The fraction of sp³-hybridized carbons (Fsp3) is 0.455. The van der Waals surface area contributed by atoms with Crippen LogP contribution in [0.15, 0.2) is 36.4 Å². The van der Waals surface area contributed by atoms with Gasteiger partial charge in [0.1, 0.15) is 11.5 Å². The van der Waals surface area contributed by atoms with Gasteiger partial charge in [0.05, 0.1) is 0 Å². The van der Waals surface area contributed by atoms with Gasteiger partial charge < -0.3 is 10.2 Å². The summed E-state index contributed by atoms with van der Waals surface area (Å²) in [6, 6.07) is 12.0. The summed E-state index contributed by atoms with van der Waals surface area (Å²) < 4.78 is 0. The van der Waals surface area contributed by atoms with Gasteiger partial charge >= 0.3 is 0 Å². The molecule has 2 nitrogen and oxygen atoms in total. The molecule has 0 amide bonds. The first kappa shape index (κ1) is 14.4. The quantitative estimate of drug-likeness (QED) is 0.740.